The molecule has 4 nitrogen and oxygen atoms in total. The minimum atomic E-state index is 0.241. The van der Waals surface area contributed by atoms with Crippen LogP contribution in [-0.2, 0) is 4.74 Å². The van der Waals surface area contributed by atoms with E-state index >= 15 is 0 Å². The predicted molar refractivity (Wildman–Crippen MR) is 83.4 cm³/mol. The van der Waals surface area contributed by atoms with Gasteiger partial charge in [-0.25, -0.2) is 0 Å². The van der Waals surface area contributed by atoms with Gasteiger partial charge in [0.2, 0.25) is 0 Å². The van der Waals surface area contributed by atoms with E-state index in [9.17, 15) is 0 Å². The molecule has 1 aromatic rings. The lowest BCUT2D eigenvalue weighted by Crippen LogP contribution is -2.40. The zero-order valence-corrected chi connectivity index (χ0v) is 13.3. The third kappa shape index (κ3) is 4.78. The summed E-state index contributed by atoms with van der Waals surface area (Å²) in [6.45, 7) is 7.04. The minimum absolute atomic E-state index is 0.241. The van der Waals surface area contributed by atoms with Gasteiger partial charge in [0.25, 0.3) is 0 Å². The van der Waals surface area contributed by atoms with Gasteiger partial charge in [-0.2, -0.15) is 0 Å². The summed E-state index contributed by atoms with van der Waals surface area (Å²) in [7, 11) is 5.46. The van der Waals surface area contributed by atoms with Crippen LogP contribution in [0.1, 0.15) is 25.5 Å². The van der Waals surface area contributed by atoms with Crippen molar-refractivity contribution in [2.45, 2.75) is 25.9 Å². The van der Waals surface area contributed by atoms with Gasteiger partial charge in [0.1, 0.15) is 5.75 Å². The van der Waals surface area contributed by atoms with E-state index in [0.29, 0.717) is 6.04 Å². The molecule has 0 saturated heterocycles. The Kier molecular flexibility index (Phi) is 7.59. The zero-order chi connectivity index (χ0) is 15.0. The van der Waals surface area contributed by atoms with Crippen LogP contribution in [0.5, 0.6) is 5.75 Å². The molecule has 0 heterocycles. The minimum Gasteiger partial charge on any atom is -0.496 e. The van der Waals surface area contributed by atoms with Crippen molar-refractivity contribution in [3.63, 3.8) is 0 Å². The normalized spacial score (nSPS) is 12.9. The molecule has 0 bridgehead atoms. The molecule has 20 heavy (non-hydrogen) atoms. The van der Waals surface area contributed by atoms with Gasteiger partial charge >= 0.3 is 0 Å². The SMILES string of the molecule is CNC(CN(CCOC)C(C)C)c1ccccc1OC. The van der Waals surface area contributed by atoms with Gasteiger partial charge in [-0.3, -0.25) is 4.90 Å². The standard InChI is InChI=1S/C16H28N2O2/c1-13(2)18(10-11-19-4)12-15(17-3)14-8-6-7-9-16(14)20-5/h6-9,13,15,17H,10-12H2,1-5H3. The lowest BCUT2D eigenvalue weighted by molar-refractivity contribution is 0.121. The maximum absolute atomic E-state index is 5.47. The van der Waals surface area contributed by atoms with Crippen LogP contribution in [0.25, 0.3) is 0 Å². The lowest BCUT2D eigenvalue weighted by Gasteiger charge is -2.31. The van der Waals surface area contributed by atoms with Crippen molar-refractivity contribution < 1.29 is 9.47 Å². The summed E-state index contributed by atoms with van der Waals surface area (Å²) >= 11 is 0. The maximum atomic E-state index is 5.47. The molecule has 1 aromatic carbocycles. The largest absolute Gasteiger partial charge is 0.496 e. The van der Waals surface area contributed by atoms with Gasteiger partial charge in [-0.15, -0.1) is 0 Å². The fourth-order valence-electron chi connectivity index (χ4n) is 2.30. The van der Waals surface area contributed by atoms with Crippen molar-refractivity contribution in [3.05, 3.63) is 29.8 Å². The van der Waals surface area contributed by atoms with Gasteiger partial charge < -0.3 is 14.8 Å². The van der Waals surface area contributed by atoms with E-state index in [0.717, 1.165) is 25.4 Å². The van der Waals surface area contributed by atoms with Gasteiger partial charge in [0.05, 0.1) is 13.7 Å². The number of nitrogens with zero attached hydrogens (tertiary/aromatic N) is 1. The molecule has 0 aliphatic rings. The first-order valence-corrected chi connectivity index (χ1v) is 7.17. The molecule has 0 aliphatic heterocycles. The number of likely N-dealkylation sites (N-methyl/N-ethyl adjacent to an activating group) is 1. The Morgan fingerprint density at radius 1 is 1.20 bits per heavy atom. The first-order valence-electron chi connectivity index (χ1n) is 7.17. The molecule has 4 heteroatoms. The van der Waals surface area contributed by atoms with E-state index < -0.39 is 0 Å². The number of ether oxygens (including phenoxy) is 2. The smallest absolute Gasteiger partial charge is 0.123 e. The molecule has 0 aliphatic carbocycles. The van der Waals surface area contributed by atoms with Crippen molar-refractivity contribution in [2.24, 2.45) is 0 Å². The molecular formula is C16H28N2O2. The Morgan fingerprint density at radius 3 is 2.45 bits per heavy atom. The Balaban J connectivity index is 2.83. The number of para-hydroxylation sites is 1. The van der Waals surface area contributed by atoms with Gasteiger partial charge in [-0.1, -0.05) is 18.2 Å². The predicted octanol–water partition coefficient (Wildman–Crippen LogP) is 2.31. The topological polar surface area (TPSA) is 33.7 Å². The van der Waals surface area contributed by atoms with Crippen molar-refractivity contribution in [1.29, 1.82) is 0 Å². The van der Waals surface area contributed by atoms with E-state index in [4.69, 9.17) is 9.47 Å². The fraction of sp³-hybridized carbons (Fsp3) is 0.625. The van der Waals surface area contributed by atoms with Gasteiger partial charge in [-0.05, 0) is 27.0 Å². The molecule has 1 unspecified atom stereocenters. The molecule has 114 valence electrons. The summed E-state index contributed by atoms with van der Waals surface area (Å²) in [5.74, 6) is 0.933. The summed E-state index contributed by atoms with van der Waals surface area (Å²) in [6.07, 6.45) is 0. The number of nitrogens with one attached hydrogen (secondary N) is 1. The van der Waals surface area contributed by atoms with Crippen LogP contribution in [-0.4, -0.2) is 51.9 Å². The van der Waals surface area contributed by atoms with Crippen LogP contribution in [0.15, 0.2) is 24.3 Å². The second kappa shape index (κ2) is 8.95. The highest BCUT2D eigenvalue weighted by Gasteiger charge is 2.19. The third-order valence-corrected chi connectivity index (χ3v) is 3.59. The molecule has 0 fully saturated rings. The number of hydrogen-bond acceptors (Lipinski definition) is 4. The summed E-state index contributed by atoms with van der Waals surface area (Å²) < 4.78 is 10.7. The zero-order valence-electron chi connectivity index (χ0n) is 13.3. The molecule has 1 atom stereocenters. The highest BCUT2D eigenvalue weighted by molar-refractivity contribution is 5.36. The first kappa shape index (κ1) is 17.0. The van der Waals surface area contributed by atoms with Gasteiger partial charge in [0.15, 0.2) is 0 Å². The van der Waals surface area contributed by atoms with Crippen molar-refractivity contribution in [2.75, 3.05) is 41.0 Å². The average Bonchev–Trinajstić information content (AvgIpc) is 2.47. The third-order valence-electron chi connectivity index (χ3n) is 3.59. The Hall–Kier alpha value is -1.10. The van der Waals surface area contributed by atoms with Crippen molar-refractivity contribution in [1.82, 2.24) is 10.2 Å². The van der Waals surface area contributed by atoms with E-state index in [1.165, 1.54) is 5.56 Å². The maximum Gasteiger partial charge on any atom is 0.123 e. The molecular weight excluding hydrogens is 252 g/mol. The highest BCUT2D eigenvalue weighted by Crippen LogP contribution is 2.25. The molecule has 0 radical (unpaired) electrons. The summed E-state index contributed by atoms with van der Waals surface area (Å²) in [6, 6.07) is 8.90. The van der Waals surface area contributed by atoms with E-state index in [1.54, 1.807) is 14.2 Å². The Labute approximate surface area is 123 Å². The lowest BCUT2D eigenvalue weighted by atomic mass is 10.0. The van der Waals surface area contributed by atoms with Crippen LogP contribution >= 0.6 is 0 Å². The van der Waals surface area contributed by atoms with Crippen LogP contribution in [0.2, 0.25) is 0 Å². The summed E-state index contributed by atoms with van der Waals surface area (Å²) in [4.78, 5) is 2.41. The van der Waals surface area contributed by atoms with E-state index in [-0.39, 0.29) is 6.04 Å². The van der Waals surface area contributed by atoms with Crippen LogP contribution in [0.3, 0.4) is 0 Å². The van der Waals surface area contributed by atoms with Crippen LogP contribution < -0.4 is 10.1 Å². The Bertz CT molecular complexity index is 382. The second-order valence-corrected chi connectivity index (χ2v) is 5.16. The summed E-state index contributed by atoms with van der Waals surface area (Å²) in [5.41, 5.74) is 1.19. The molecule has 0 aromatic heterocycles. The molecule has 1 rings (SSSR count). The van der Waals surface area contributed by atoms with Crippen molar-refractivity contribution >= 4 is 0 Å². The first-order chi connectivity index (χ1) is 9.63. The monoisotopic (exact) mass is 280 g/mol. The molecule has 0 amide bonds. The molecule has 0 spiro atoms. The second-order valence-electron chi connectivity index (χ2n) is 5.16. The van der Waals surface area contributed by atoms with Crippen LogP contribution in [0.4, 0.5) is 0 Å². The van der Waals surface area contributed by atoms with Crippen LogP contribution in [0, 0.1) is 0 Å². The number of methoxy groups -OCH3 is 2. The van der Waals surface area contributed by atoms with Crippen molar-refractivity contribution in [3.8, 4) is 5.75 Å². The number of rotatable bonds is 9. The van der Waals surface area contributed by atoms with Gasteiger partial charge in [0, 0.05) is 37.8 Å². The summed E-state index contributed by atoms with van der Waals surface area (Å²) in [5, 5.41) is 3.39. The quantitative estimate of drug-likeness (QED) is 0.752. The number of hydrogen-bond donors (Lipinski definition) is 1. The average molecular weight is 280 g/mol. The molecule has 1 N–H and O–H groups in total. The van der Waals surface area contributed by atoms with E-state index in [1.807, 2.05) is 19.2 Å². The fourth-order valence-corrected chi connectivity index (χ4v) is 2.30. The highest BCUT2D eigenvalue weighted by atomic mass is 16.5. The molecule has 0 saturated carbocycles. The number of benzene rings is 1. The Morgan fingerprint density at radius 2 is 1.90 bits per heavy atom. The van der Waals surface area contributed by atoms with E-state index in [2.05, 4.69) is 36.2 Å².